The van der Waals surface area contributed by atoms with Crippen LogP contribution >= 0.6 is 23.2 Å². The number of hydrogen-bond acceptors (Lipinski definition) is 2. The van der Waals surface area contributed by atoms with Crippen molar-refractivity contribution in [2.24, 2.45) is 0 Å². The highest BCUT2D eigenvalue weighted by Gasteiger charge is 2.31. The molecule has 0 aliphatic heterocycles. The van der Waals surface area contributed by atoms with Gasteiger partial charge in [-0.1, -0.05) is 32.4 Å². The molecule has 0 saturated heterocycles. The van der Waals surface area contributed by atoms with Gasteiger partial charge in [0.2, 0.25) is 0 Å². The van der Waals surface area contributed by atoms with E-state index in [-0.39, 0.29) is 5.54 Å². The van der Waals surface area contributed by atoms with E-state index >= 15 is 0 Å². The molecular formula is C14H19Cl2N3. The predicted octanol–water partition coefficient (Wildman–Crippen LogP) is 4.75. The molecule has 0 atom stereocenters. The number of halogens is 2. The number of nitrogens with zero attached hydrogens (tertiary/aromatic N) is 3. The van der Waals surface area contributed by atoms with Crippen LogP contribution in [0.1, 0.15) is 45.9 Å². The van der Waals surface area contributed by atoms with Gasteiger partial charge in [-0.25, -0.2) is 9.97 Å². The Hall–Kier alpha value is -0.800. The number of imidazole rings is 1. The topological polar surface area (TPSA) is 30.7 Å². The molecule has 104 valence electrons. The molecule has 5 heteroatoms. The maximum Gasteiger partial charge on any atom is 0.160 e. The van der Waals surface area contributed by atoms with Gasteiger partial charge in [-0.2, -0.15) is 0 Å². The van der Waals surface area contributed by atoms with Gasteiger partial charge in [-0.05, 0) is 25.3 Å². The zero-order chi connectivity index (χ0) is 14.0. The Labute approximate surface area is 123 Å². The van der Waals surface area contributed by atoms with Gasteiger partial charge < -0.3 is 4.57 Å². The van der Waals surface area contributed by atoms with Crippen molar-refractivity contribution in [3.8, 4) is 0 Å². The molecule has 2 heterocycles. The molecule has 0 aliphatic carbocycles. The SMILES string of the molecule is CCC(CC)(CC)n1c(CCl)nc2cc(Cl)cnc21. The molecule has 0 radical (unpaired) electrons. The summed E-state index contributed by atoms with van der Waals surface area (Å²) in [5.41, 5.74) is 1.73. The summed E-state index contributed by atoms with van der Waals surface area (Å²) < 4.78 is 2.21. The first kappa shape index (κ1) is 14.6. The molecule has 0 amide bonds. The minimum Gasteiger partial charge on any atom is -0.305 e. The second-order valence-corrected chi connectivity index (χ2v) is 5.48. The van der Waals surface area contributed by atoms with E-state index in [4.69, 9.17) is 23.2 Å². The van der Waals surface area contributed by atoms with Crippen LogP contribution in [0, 0.1) is 0 Å². The minimum atomic E-state index is 0.0276. The van der Waals surface area contributed by atoms with Crippen LogP contribution in [0.4, 0.5) is 0 Å². The molecule has 0 fully saturated rings. The van der Waals surface area contributed by atoms with Crippen LogP contribution in [0.15, 0.2) is 12.3 Å². The number of fused-ring (bicyclic) bond motifs is 1. The second kappa shape index (κ2) is 5.68. The molecule has 0 saturated carbocycles. The number of aromatic nitrogens is 3. The Morgan fingerprint density at radius 3 is 2.37 bits per heavy atom. The van der Waals surface area contributed by atoms with E-state index in [0.717, 1.165) is 36.3 Å². The molecule has 0 aliphatic rings. The van der Waals surface area contributed by atoms with Gasteiger partial charge in [0.1, 0.15) is 11.3 Å². The Bertz CT molecular complexity index is 565. The van der Waals surface area contributed by atoms with Gasteiger partial charge in [0.15, 0.2) is 5.65 Å². The summed E-state index contributed by atoms with van der Waals surface area (Å²) in [6.07, 6.45) is 4.75. The third-order valence-corrected chi connectivity index (χ3v) is 4.55. The highest BCUT2D eigenvalue weighted by atomic mass is 35.5. The Kier molecular flexibility index (Phi) is 4.36. The fourth-order valence-corrected chi connectivity index (χ4v) is 3.13. The largest absolute Gasteiger partial charge is 0.305 e. The monoisotopic (exact) mass is 299 g/mol. The van der Waals surface area contributed by atoms with Crippen molar-refractivity contribution in [2.75, 3.05) is 0 Å². The van der Waals surface area contributed by atoms with Crippen molar-refractivity contribution in [3.63, 3.8) is 0 Å². The van der Waals surface area contributed by atoms with E-state index in [1.165, 1.54) is 0 Å². The Morgan fingerprint density at radius 1 is 1.21 bits per heavy atom. The molecule has 0 bridgehead atoms. The lowest BCUT2D eigenvalue weighted by Gasteiger charge is -2.34. The normalized spacial score (nSPS) is 12.3. The van der Waals surface area contributed by atoms with E-state index in [9.17, 15) is 0 Å². The maximum absolute atomic E-state index is 6.08. The zero-order valence-corrected chi connectivity index (χ0v) is 13.1. The van der Waals surface area contributed by atoms with Crippen LogP contribution < -0.4 is 0 Å². The van der Waals surface area contributed by atoms with Crippen LogP contribution in [-0.4, -0.2) is 14.5 Å². The summed E-state index contributed by atoms with van der Waals surface area (Å²) in [4.78, 5) is 9.05. The third-order valence-electron chi connectivity index (χ3n) is 4.10. The fraction of sp³-hybridized carbons (Fsp3) is 0.571. The van der Waals surface area contributed by atoms with Crippen LogP contribution in [0.25, 0.3) is 11.2 Å². The van der Waals surface area contributed by atoms with E-state index in [1.807, 2.05) is 6.07 Å². The smallest absolute Gasteiger partial charge is 0.160 e. The predicted molar refractivity (Wildman–Crippen MR) is 80.9 cm³/mol. The first-order chi connectivity index (χ1) is 9.11. The van der Waals surface area contributed by atoms with Gasteiger partial charge in [0.25, 0.3) is 0 Å². The lowest BCUT2D eigenvalue weighted by molar-refractivity contribution is 0.251. The highest BCUT2D eigenvalue weighted by molar-refractivity contribution is 6.31. The average Bonchev–Trinajstić information content (AvgIpc) is 2.80. The number of alkyl halides is 1. The summed E-state index contributed by atoms with van der Waals surface area (Å²) in [6, 6.07) is 1.85. The quantitative estimate of drug-likeness (QED) is 0.746. The lowest BCUT2D eigenvalue weighted by atomic mass is 9.89. The standard InChI is InChI=1S/C14H19Cl2N3/c1-4-14(5-2,6-3)19-12(8-15)18-11-7-10(16)9-17-13(11)19/h7,9H,4-6,8H2,1-3H3. The van der Waals surface area contributed by atoms with Crippen molar-refractivity contribution in [1.29, 1.82) is 0 Å². The maximum atomic E-state index is 6.08. The van der Waals surface area contributed by atoms with Crippen molar-refractivity contribution in [3.05, 3.63) is 23.1 Å². The molecule has 3 nitrogen and oxygen atoms in total. The van der Waals surface area contributed by atoms with Crippen LogP contribution in [0.3, 0.4) is 0 Å². The van der Waals surface area contributed by atoms with E-state index < -0.39 is 0 Å². The molecule has 2 rings (SSSR count). The zero-order valence-electron chi connectivity index (χ0n) is 11.6. The minimum absolute atomic E-state index is 0.0276. The molecule has 0 aromatic carbocycles. The lowest BCUT2D eigenvalue weighted by Crippen LogP contribution is -2.33. The summed E-state index contributed by atoms with van der Waals surface area (Å²) in [6.45, 7) is 6.60. The third kappa shape index (κ3) is 2.34. The van der Waals surface area contributed by atoms with Gasteiger partial charge in [0, 0.05) is 11.7 Å². The molecule has 2 aromatic rings. The van der Waals surface area contributed by atoms with Gasteiger partial charge in [-0.15, -0.1) is 11.6 Å². The van der Waals surface area contributed by atoms with Gasteiger partial charge >= 0.3 is 0 Å². The second-order valence-electron chi connectivity index (χ2n) is 4.78. The van der Waals surface area contributed by atoms with Gasteiger partial charge in [-0.3, -0.25) is 0 Å². The summed E-state index contributed by atoms with van der Waals surface area (Å²) in [7, 11) is 0. The van der Waals surface area contributed by atoms with Crippen molar-refractivity contribution < 1.29 is 0 Å². The molecule has 0 unspecified atom stereocenters. The van der Waals surface area contributed by atoms with Crippen LogP contribution in [0.2, 0.25) is 5.02 Å². The summed E-state index contributed by atoms with van der Waals surface area (Å²) in [5, 5.41) is 0.605. The number of pyridine rings is 1. The highest BCUT2D eigenvalue weighted by Crippen LogP contribution is 2.34. The van der Waals surface area contributed by atoms with Crippen molar-refractivity contribution >= 4 is 34.4 Å². The molecule has 0 N–H and O–H groups in total. The Balaban J connectivity index is 2.76. The molecular weight excluding hydrogens is 281 g/mol. The number of rotatable bonds is 5. The van der Waals surface area contributed by atoms with Crippen LogP contribution in [-0.2, 0) is 11.4 Å². The summed E-state index contributed by atoms with van der Waals surface area (Å²) >= 11 is 12.1. The number of hydrogen-bond donors (Lipinski definition) is 0. The molecule has 2 aromatic heterocycles. The van der Waals surface area contributed by atoms with E-state index in [0.29, 0.717) is 10.9 Å². The first-order valence-corrected chi connectivity index (χ1v) is 7.62. The average molecular weight is 300 g/mol. The van der Waals surface area contributed by atoms with E-state index in [2.05, 4.69) is 35.3 Å². The fourth-order valence-electron chi connectivity index (χ4n) is 2.80. The summed E-state index contributed by atoms with van der Waals surface area (Å²) in [5.74, 6) is 1.26. The molecule has 19 heavy (non-hydrogen) atoms. The van der Waals surface area contributed by atoms with Crippen molar-refractivity contribution in [2.45, 2.75) is 51.5 Å². The van der Waals surface area contributed by atoms with Crippen molar-refractivity contribution in [1.82, 2.24) is 14.5 Å². The Morgan fingerprint density at radius 2 is 1.84 bits per heavy atom. The van der Waals surface area contributed by atoms with Gasteiger partial charge in [0.05, 0.1) is 10.9 Å². The van der Waals surface area contributed by atoms with Crippen LogP contribution in [0.5, 0.6) is 0 Å². The first-order valence-electron chi connectivity index (χ1n) is 6.71. The molecule has 0 spiro atoms. The van der Waals surface area contributed by atoms with E-state index in [1.54, 1.807) is 6.20 Å².